The summed E-state index contributed by atoms with van der Waals surface area (Å²) < 4.78 is 34.2. The van der Waals surface area contributed by atoms with Crippen LogP contribution < -0.4 is 20.1 Å². The van der Waals surface area contributed by atoms with Gasteiger partial charge in [-0.15, -0.1) is 0 Å². The fourth-order valence-electron chi connectivity index (χ4n) is 2.81. The molecular weight excluding hydrogens is 306 g/mol. The molecule has 2 N–H and O–H groups in total. The smallest absolute Gasteiger partial charge is 0.387 e. The lowest BCUT2D eigenvalue weighted by molar-refractivity contribution is -0.0511. The van der Waals surface area contributed by atoms with E-state index in [1.54, 1.807) is 6.07 Å². The maximum absolute atomic E-state index is 12.4. The van der Waals surface area contributed by atoms with E-state index in [-0.39, 0.29) is 23.6 Å². The lowest BCUT2D eigenvalue weighted by atomic mass is 9.86. The van der Waals surface area contributed by atoms with Gasteiger partial charge in [0, 0.05) is 17.8 Å². The molecule has 23 heavy (non-hydrogen) atoms. The predicted molar refractivity (Wildman–Crippen MR) is 83.2 cm³/mol. The monoisotopic (exact) mass is 328 g/mol. The van der Waals surface area contributed by atoms with Gasteiger partial charge in [0.15, 0.2) is 11.5 Å². The third kappa shape index (κ3) is 4.97. The first-order valence-electron chi connectivity index (χ1n) is 7.70. The van der Waals surface area contributed by atoms with Crippen LogP contribution in [0.5, 0.6) is 11.5 Å². The van der Waals surface area contributed by atoms with E-state index in [0.29, 0.717) is 11.6 Å². The molecule has 128 valence electrons. The van der Waals surface area contributed by atoms with Gasteiger partial charge in [-0.2, -0.15) is 8.78 Å². The molecule has 0 heterocycles. The number of hydrogen-bond donors (Lipinski definition) is 2. The van der Waals surface area contributed by atoms with Crippen LogP contribution in [-0.4, -0.2) is 25.8 Å². The molecule has 0 aliphatic heterocycles. The second-order valence-corrected chi connectivity index (χ2v) is 5.71. The van der Waals surface area contributed by atoms with Crippen LogP contribution in [0.1, 0.15) is 32.6 Å². The maximum Gasteiger partial charge on any atom is 0.387 e. The molecule has 1 aromatic carbocycles. The van der Waals surface area contributed by atoms with E-state index in [1.165, 1.54) is 25.7 Å². The Kier molecular flexibility index (Phi) is 6.01. The lowest BCUT2D eigenvalue weighted by Gasteiger charge is -2.29. The maximum atomic E-state index is 12.4. The SMILES string of the molecule is COc1ccc(NC(=O)N[C@@H]2CCCC[C@H]2C)cc1OC(F)F. The zero-order valence-electron chi connectivity index (χ0n) is 13.3. The van der Waals surface area contributed by atoms with E-state index in [1.807, 2.05) is 0 Å². The highest BCUT2D eigenvalue weighted by atomic mass is 19.3. The molecule has 1 aliphatic carbocycles. The van der Waals surface area contributed by atoms with Gasteiger partial charge in [0.05, 0.1) is 7.11 Å². The van der Waals surface area contributed by atoms with Gasteiger partial charge in [-0.3, -0.25) is 0 Å². The Labute approximate surface area is 134 Å². The highest BCUT2D eigenvalue weighted by Gasteiger charge is 2.23. The Morgan fingerprint density at radius 3 is 2.65 bits per heavy atom. The molecule has 1 aliphatic rings. The molecule has 1 aromatic rings. The van der Waals surface area contributed by atoms with Crippen molar-refractivity contribution in [3.63, 3.8) is 0 Å². The molecular formula is C16H22F2N2O3. The van der Waals surface area contributed by atoms with Gasteiger partial charge >= 0.3 is 12.6 Å². The first-order chi connectivity index (χ1) is 11.0. The Morgan fingerprint density at radius 1 is 1.26 bits per heavy atom. The number of benzene rings is 1. The van der Waals surface area contributed by atoms with Crippen LogP contribution in [0.15, 0.2) is 18.2 Å². The quantitative estimate of drug-likeness (QED) is 0.859. The molecule has 7 heteroatoms. The van der Waals surface area contributed by atoms with Crippen molar-refractivity contribution in [3.05, 3.63) is 18.2 Å². The number of carbonyl (C=O) groups excluding carboxylic acids is 1. The number of rotatable bonds is 5. The van der Waals surface area contributed by atoms with Crippen LogP contribution in [0.4, 0.5) is 19.3 Å². The summed E-state index contributed by atoms with van der Waals surface area (Å²) in [4.78, 5) is 12.1. The number of hydrogen-bond acceptors (Lipinski definition) is 3. The minimum atomic E-state index is -2.96. The number of ether oxygens (including phenoxy) is 2. The first-order valence-corrected chi connectivity index (χ1v) is 7.70. The fraction of sp³-hybridized carbons (Fsp3) is 0.562. The van der Waals surface area contributed by atoms with Crippen LogP contribution in [0.2, 0.25) is 0 Å². The number of methoxy groups -OCH3 is 1. The van der Waals surface area contributed by atoms with Crippen molar-refractivity contribution >= 4 is 11.7 Å². The first kappa shape index (κ1) is 17.3. The van der Waals surface area contributed by atoms with Crippen LogP contribution in [0.25, 0.3) is 0 Å². The van der Waals surface area contributed by atoms with E-state index >= 15 is 0 Å². The zero-order valence-corrected chi connectivity index (χ0v) is 13.3. The molecule has 5 nitrogen and oxygen atoms in total. The van der Waals surface area contributed by atoms with Crippen LogP contribution in [-0.2, 0) is 0 Å². The van der Waals surface area contributed by atoms with Gasteiger partial charge in [0.2, 0.25) is 0 Å². The van der Waals surface area contributed by atoms with Crippen molar-refractivity contribution in [1.82, 2.24) is 5.32 Å². The van der Waals surface area contributed by atoms with E-state index in [2.05, 4.69) is 22.3 Å². The second kappa shape index (κ2) is 7.99. The molecule has 0 bridgehead atoms. The van der Waals surface area contributed by atoms with Gasteiger partial charge in [0.1, 0.15) is 0 Å². The Morgan fingerprint density at radius 2 is 2.00 bits per heavy atom. The number of anilines is 1. The van der Waals surface area contributed by atoms with Gasteiger partial charge in [-0.05, 0) is 30.9 Å². The molecule has 1 saturated carbocycles. The van der Waals surface area contributed by atoms with Crippen molar-refractivity contribution in [2.24, 2.45) is 5.92 Å². The Balaban J connectivity index is 1.99. The van der Waals surface area contributed by atoms with E-state index in [4.69, 9.17) is 4.74 Å². The molecule has 0 radical (unpaired) electrons. The largest absolute Gasteiger partial charge is 0.493 e. The molecule has 0 spiro atoms. The number of urea groups is 1. The Hall–Kier alpha value is -2.05. The summed E-state index contributed by atoms with van der Waals surface area (Å²) in [5, 5.41) is 5.58. The topological polar surface area (TPSA) is 59.6 Å². The third-order valence-corrected chi connectivity index (χ3v) is 4.07. The highest BCUT2D eigenvalue weighted by Crippen LogP contribution is 2.31. The summed E-state index contributed by atoms with van der Waals surface area (Å²) in [6.45, 7) is -0.845. The van der Waals surface area contributed by atoms with E-state index in [9.17, 15) is 13.6 Å². The normalized spacial score (nSPS) is 20.9. The van der Waals surface area contributed by atoms with Gasteiger partial charge in [-0.25, -0.2) is 4.79 Å². The van der Waals surface area contributed by atoms with E-state index in [0.717, 1.165) is 19.3 Å². The number of halogens is 2. The number of alkyl halides is 2. The van der Waals surface area contributed by atoms with Gasteiger partial charge in [-0.1, -0.05) is 19.8 Å². The standard InChI is InChI=1S/C16H22F2N2O3/c1-10-5-3-4-6-12(10)20-16(21)19-11-7-8-13(22-2)14(9-11)23-15(17)18/h7-10,12,15H,3-6H2,1-2H3,(H2,19,20,21)/t10-,12-/m1/s1. The van der Waals surface area contributed by atoms with Crippen LogP contribution in [0, 0.1) is 5.92 Å². The summed E-state index contributed by atoms with van der Waals surface area (Å²) in [7, 11) is 1.36. The minimum absolute atomic E-state index is 0.119. The number of carbonyl (C=O) groups is 1. The van der Waals surface area contributed by atoms with Crippen molar-refractivity contribution in [1.29, 1.82) is 0 Å². The van der Waals surface area contributed by atoms with Crippen LogP contribution >= 0.6 is 0 Å². The molecule has 0 aromatic heterocycles. The number of amides is 2. The predicted octanol–water partition coefficient (Wildman–Crippen LogP) is 4.00. The summed E-state index contributed by atoms with van der Waals surface area (Å²) >= 11 is 0. The average molecular weight is 328 g/mol. The summed E-state index contributed by atoms with van der Waals surface area (Å²) in [5.41, 5.74) is 0.363. The minimum Gasteiger partial charge on any atom is -0.493 e. The summed E-state index contributed by atoms with van der Waals surface area (Å²) in [6, 6.07) is 4.14. The molecule has 1 fully saturated rings. The average Bonchev–Trinajstić information content (AvgIpc) is 2.49. The van der Waals surface area contributed by atoms with Crippen molar-refractivity contribution in [2.75, 3.05) is 12.4 Å². The Bertz CT molecular complexity index is 540. The van der Waals surface area contributed by atoms with E-state index < -0.39 is 6.61 Å². The fourth-order valence-corrected chi connectivity index (χ4v) is 2.81. The third-order valence-electron chi connectivity index (χ3n) is 4.07. The summed E-state index contributed by atoms with van der Waals surface area (Å²) in [6.07, 6.45) is 4.34. The lowest BCUT2D eigenvalue weighted by Crippen LogP contribution is -2.43. The molecule has 2 amide bonds. The molecule has 0 unspecified atom stereocenters. The zero-order chi connectivity index (χ0) is 16.8. The number of nitrogens with one attached hydrogen (secondary N) is 2. The van der Waals surface area contributed by atoms with Crippen molar-refractivity contribution in [2.45, 2.75) is 45.3 Å². The van der Waals surface area contributed by atoms with Crippen molar-refractivity contribution < 1.29 is 23.0 Å². The van der Waals surface area contributed by atoms with Crippen molar-refractivity contribution in [3.8, 4) is 11.5 Å². The molecule has 2 rings (SSSR count). The highest BCUT2D eigenvalue weighted by molar-refractivity contribution is 5.89. The summed E-state index contributed by atoms with van der Waals surface area (Å²) in [5.74, 6) is 0.492. The second-order valence-electron chi connectivity index (χ2n) is 5.71. The van der Waals surface area contributed by atoms with Crippen LogP contribution in [0.3, 0.4) is 0 Å². The molecule has 2 atom stereocenters. The van der Waals surface area contributed by atoms with Gasteiger partial charge < -0.3 is 20.1 Å². The van der Waals surface area contributed by atoms with Gasteiger partial charge in [0.25, 0.3) is 0 Å². The molecule has 0 saturated heterocycles.